The van der Waals surface area contributed by atoms with Gasteiger partial charge in [0.2, 0.25) is 5.36 Å². The van der Waals surface area contributed by atoms with E-state index in [0.717, 1.165) is 0 Å². The third kappa shape index (κ3) is 2.75. The third-order valence-corrected chi connectivity index (χ3v) is 5.46. The normalized spacial score (nSPS) is 13.2. The molecule has 118 valence electrons. The number of fused-ring (bicyclic) bond motifs is 1. The summed E-state index contributed by atoms with van der Waals surface area (Å²) in [6.45, 7) is 1.90. The Morgan fingerprint density at radius 3 is 2.48 bits per heavy atom. The number of nitrogens with zero attached hydrogens (tertiary/aromatic N) is 1. The highest BCUT2D eigenvalue weighted by Gasteiger charge is 2.25. The summed E-state index contributed by atoms with van der Waals surface area (Å²) in [7, 11) is -3.80. The van der Waals surface area contributed by atoms with E-state index < -0.39 is 15.8 Å². The van der Waals surface area contributed by atoms with E-state index in [2.05, 4.69) is 4.99 Å². The number of carbonyl (C=O) groups excluding carboxylic acids is 1. The van der Waals surface area contributed by atoms with Crippen molar-refractivity contribution in [2.75, 3.05) is 10.8 Å². The maximum absolute atomic E-state index is 13.0. The molecular formula is C16H14FN2O3S+. The van der Waals surface area contributed by atoms with Gasteiger partial charge in [0.25, 0.3) is 10.0 Å². The Balaban J connectivity index is 2.09. The Morgan fingerprint density at radius 2 is 1.83 bits per heavy atom. The molecule has 0 spiro atoms. The van der Waals surface area contributed by atoms with Gasteiger partial charge in [-0.05, 0) is 43.3 Å². The molecule has 1 heterocycles. The maximum atomic E-state index is 13.0. The highest BCUT2D eigenvalue weighted by Crippen LogP contribution is 2.22. The van der Waals surface area contributed by atoms with Crippen molar-refractivity contribution in [3.8, 4) is 0 Å². The number of nitrogens with one attached hydrogen (secondary N) is 1. The van der Waals surface area contributed by atoms with E-state index in [9.17, 15) is 17.6 Å². The second-order valence-corrected chi connectivity index (χ2v) is 6.89. The fourth-order valence-corrected chi connectivity index (χ4v) is 3.98. The molecule has 0 radical (unpaired) electrons. The largest absolute Gasteiger partial charge is 0.411 e. The van der Waals surface area contributed by atoms with Gasteiger partial charge >= 0.3 is 5.91 Å². The lowest BCUT2D eigenvalue weighted by molar-refractivity contribution is -0.406. The van der Waals surface area contributed by atoms with Crippen molar-refractivity contribution in [1.29, 1.82) is 0 Å². The highest BCUT2D eigenvalue weighted by molar-refractivity contribution is 7.92. The van der Waals surface area contributed by atoms with E-state index in [4.69, 9.17) is 0 Å². The van der Waals surface area contributed by atoms with Crippen LogP contribution in [0.2, 0.25) is 0 Å². The van der Waals surface area contributed by atoms with Crippen LogP contribution in [0.5, 0.6) is 0 Å². The van der Waals surface area contributed by atoms with Crippen LogP contribution in [0, 0.1) is 5.82 Å². The summed E-state index contributed by atoms with van der Waals surface area (Å²) in [6, 6.07) is 9.72. The van der Waals surface area contributed by atoms with Crippen molar-refractivity contribution in [1.82, 2.24) is 0 Å². The molecule has 23 heavy (non-hydrogen) atoms. The number of sulfonamides is 1. The average Bonchev–Trinajstić information content (AvgIpc) is 2.88. The van der Waals surface area contributed by atoms with Gasteiger partial charge in [0.05, 0.1) is 21.9 Å². The molecule has 0 aromatic heterocycles. The second kappa shape index (κ2) is 5.58. The lowest BCUT2D eigenvalue weighted by Gasteiger charge is -2.22. The number of hydrogen-bond acceptors (Lipinski definition) is 3. The summed E-state index contributed by atoms with van der Waals surface area (Å²) in [5.41, 5.74) is 0.382. The van der Waals surface area contributed by atoms with Crippen molar-refractivity contribution >= 4 is 27.7 Å². The molecule has 2 aromatic carbocycles. The SMILES string of the molecule is CCN(c1ccc(F)cc1)S(=O)(=O)c1ccc2c(c1)=CC(=O)[NH+]=2. The van der Waals surface area contributed by atoms with Crippen LogP contribution in [-0.4, -0.2) is 20.9 Å². The first-order chi connectivity index (χ1) is 10.9. The van der Waals surface area contributed by atoms with Crippen LogP contribution in [0.3, 0.4) is 0 Å². The molecule has 1 aliphatic heterocycles. The summed E-state index contributed by atoms with van der Waals surface area (Å²) in [5, 5.41) is 1.12. The third-order valence-electron chi connectivity index (χ3n) is 3.56. The minimum absolute atomic E-state index is 0.0789. The molecule has 1 N–H and O–H groups in total. The number of amides is 1. The molecule has 5 nitrogen and oxygen atoms in total. The molecule has 7 heteroatoms. The first-order valence-electron chi connectivity index (χ1n) is 7.00. The number of carbonyl (C=O) groups is 1. The smallest absolute Gasteiger partial charge is 0.267 e. The van der Waals surface area contributed by atoms with Crippen LogP contribution in [0.1, 0.15) is 6.92 Å². The van der Waals surface area contributed by atoms with Crippen LogP contribution in [0.4, 0.5) is 10.1 Å². The Labute approximate surface area is 132 Å². The highest BCUT2D eigenvalue weighted by atomic mass is 32.2. The second-order valence-electron chi connectivity index (χ2n) is 5.03. The fraction of sp³-hybridized carbons (Fsp3) is 0.125. The molecule has 3 rings (SSSR count). The van der Waals surface area contributed by atoms with Crippen molar-refractivity contribution in [2.24, 2.45) is 0 Å². The molecule has 0 fully saturated rings. The van der Waals surface area contributed by atoms with Crippen molar-refractivity contribution in [3.63, 3.8) is 0 Å². The fourth-order valence-electron chi connectivity index (χ4n) is 2.47. The van der Waals surface area contributed by atoms with Crippen LogP contribution in [0.15, 0.2) is 47.4 Å². The van der Waals surface area contributed by atoms with Crippen molar-refractivity contribution in [3.05, 3.63) is 58.9 Å². The lowest BCUT2D eigenvalue weighted by atomic mass is 10.3. The topological polar surface area (TPSA) is 68.4 Å². The molecule has 0 unspecified atom stereocenters. The number of hydrogen-bond donors (Lipinski definition) is 1. The monoisotopic (exact) mass is 333 g/mol. The van der Waals surface area contributed by atoms with E-state index in [-0.39, 0.29) is 17.3 Å². The van der Waals surface area contributed by atoms with Gasteiger partial charge in [0.1, 0.15) is 5.82 Å². The summed E-state index contributed by atoms with van der Waals surface area (Å²) < 4.78 is 39.9. The summed E-state index contributed by atoms with van der Waals surface area (Å²) in [6.07, 6.45) is 1.35. The molecule has 0 saturated heterocycles. The van der Waals surface area contributed by atoms with Crippen LogP contribution >= 0.6 is 0 Å². The number of halogens is 1. The standard InChI is InChI=1S/C16H13FN2O3S/c1-2-19(13-5-3-12(17)4-6-13)23(21,22)14-7-8-15-11(9-14)10-16(20)18-15/h3-10H,2H2,1H3/p+1. The lowest BCUT2D eigenvalue weighted by Crippen LogP contribution is -2.79. The van der Waals surface area contributed by atoms with Gasteiger partial charge in [0.15, 0.2) is 0 Å². The number of anilines is 1. The van der Waals surface area contributed by atoms with Gasteiger partial charge in [0, 0.05) is 12.6 Å². The quantitative estimate of drug-likeness (QED) is 0.785. The van der Waals surface area contributed by atoms with Gasteiger partial charge in [-0.3, -0.25) is 4.31 Å². The first kappa shape index (κ1) is 15.4. The number of benzene rings is 2. The van der Waals surface area contributed by atoms with E-state index in [1.54, 1.807) is 13.0 Å². The van der Waals surface area contributed by atoms with Gasteiger partial charge in [-0.25, -0.2) is 17.6 Å². The Morgan fingerprint density at radius 1 is 1.13 bits per heavy atom. The first-order valence-corrected chi connectivity index (χ1v) is 8.44. The Hall–Kier alpha value is -2.54. The zero-order valence-electron chi connectivity index (χ0n) is 12.3. The minimum Gasteiger partial charge on any atom is -0.267 e. The molecular weight excluding hydrogens is 319 g/mol. The van der Waals surface area contributed by atoms with Crippen molar-refractivity contribution < 1.29 is 22.6 Å². The average molecular weight is 333 g/mol. The van der Waals surface area contributed by atoms with Crippen molar-refractivity contribution in [2.45, 2.75) is 11.8 Å². The van der Waals surface area contributed by atoms with Gasteiger partial charge < -0.3 is 0 Å². The van der Waals surface area contributed by atoms with Gasteiger partial charge in [-0.2, -0.15) is 4.99 Å². The van der Waals surface area contributed by atoms with E-state index in [1.165, 1.54) is 46.8 Å². The Kier molecular flexibility index (Phi) is 3.73. The minimum atomic E-state index is -3.80. The molecule has 0 atom stereocenters. The van der Waals surface area contributed by atoms with E-state index >= 15 is 0 Å². The predicted octanol–water partition coefficient (Wildman–Crippen LogP) is -0.938. The van der Waals surface area contributed by atoms with E-state index in [1.807, 2.05) is 0 Å². The summed E-state index contributed by atoms with van der Waals surface area (Å²) >= 11 is 0. The van der Waals surface area contributed by atoms with Crippen LogP contribution in [0.25, 0.3) is 6.08 Å². The van der Waals surface area contributed by atoms with Gasteiger partial charge in [-0.1, -0.05) is 0 Å². The van der Waals surface area contributed by atoms with Crippen LogP contribution in [-0.2, 0) is 14.8 Å². The molecule has 1 aliphatic rings. The molecule has 0 saturated carbocycles. The molecule has 2 aromatic rings. The summed E-state index contributed by atoms with van der Waals surface area (Å²) in [5.74, 6) is -0.709. The Bertz CT molecular complexity index is 999. The zero-order chi connectivity index (χ0) is 16.6. The van der Waals surface area contributed by atoms with E-state index in [0.29, 0.717) is 16.3 Å². The number of rotatable bonds is 4. The molecule has 1 amide bonds. The van der Waals surface area contributed by atoms with Crippen LogP contribution < -0.4 is 19.9 Å². The van der Waals surface area contributed by atoms with Gasteiger partial charge in [-0.15, -0.1) is 0 Å². The maximum Gasteiger partial charge on any atom is 0.411 e. The zero-order valence-corrected chi connectivity index (χ0v) is 13.1. The summed E-state index contributed by atoms with van der Waals surface area (Å²) in [4.78, 5) is 14.0. The molecule has 0 aliphatic carbocycles. The predicted molar refractivity (Wildman–Crippen MR) is 81.8 cm³/mol. The molecule has 0 bridgehead atoms.